The maximum atomic E-state index is 11.2. The molecule has 0 aromatic carbocycles. The Morgan fingerprint density at radius 3 is 2.60 bits per heavy atom. The molecule has 0 radical (unpaired) electrons. The molecule has 0 fully saturated rings. The molecule has 5 heteroatoms. The number of ether oxygens (including phenoxy) is 2. The molecular weight excluding hydrogens is 198 g/mol. The zero-order valence-electron chi connectivity index (χ0n) is 9.12. The first-order chi connectivity index (χ1) is 7.15. The molecule has 0 rings (SSSR count). The predicted molar refractivity (Wildman–Crippen MR) is 55.3 cm³/mol. The highest BCUT2D eigenvalue weighted by molar-refractivity contribution is 5.84. The van der Waals surface area contributed by atoms with Crippen molar-refractivity contribution in [2.45, 2.75) is 18.9 Å². The summed E-state index contributed by atoms with van der Waals surface area (Å²) < 4.78 is 9.20. The van der Waals surface area contributed by atoms with E-state index in [1.165, 1.54) is 14.2 Å². The lowest BCUT2D eigenvalue weighted by molar-refractivity contribution is -0.145. The molecule has 0 heterocycles. The molecule has 0 aliphatic heterocycles. The van der Waals surface area contributed by atoms with Crippen LogP contribution in [0, 0.1) is 0 Å². The van der Waals surface area contributed by atoms with Crippen LogP contribution in [-0.4, -0.2) is 38.7 Å². The lowest BCUT2D eigenvalue weighted by Crippen LogP contribution is -2.42. The molecule has 1 N–H and O–H groups in total. The maximum absolute atomic E-state index is 11.2. The normalized spacial score (nSPS) is 11.6. The summed E-state index contributed by atoms with van der Waals surface area (Å²) in [5.41, 5.74) is 0. The van der Waals surface area contributed by atoms with Crippen molar-refractivity contribution in [2.75, 3.05) is 20.8 Å². The molecule has 86 valence electrons. The Bertz CT molecular complexity index is 227. The van der Waals surface area contributed by atoms with Crippen LogP contribution in [0.4, 0.5) is 0 Å². The summed E-state index contributed by atoms with van der Waals surface area (Å²) in [7, 11) is 2.70. The maximum Gasteiger partial charge on any atom is 0.328 e. The number of hydrogen-bond donors (Lipinski definition) is 1. The molecule has 0 saturated heterocycles. The smallest absolute Gasteiger partial charge is 0.328 e. The largest absolute Gasteiger partial charge is 0.467 e. The van der Waals surface area contributed by atoms with Gasteiger partial charge < -0.3 is 14.8 Å². The number of nitrogens with one attached hydrogen (secondary N) is 1. The molecule has 0 saturated carbocycles. The number of carbonyl (C=O) groups is 2. The Kier molecular flexibility index (Phi) is 7.27. The lowest BCUT2D eigenvalue weighted by atomic mass is 10.1. The van der Waals surface area contributed by atoms with E-state index < -0.39 is 12.0 Å². The monoisotopic (exact) mass is 215 g/mol. The van der Waals surface area contributed by atoms with Crippen LogP contribution in [0.3, 0.4) is 0 Å². The van der Waals surface area contributed by atoms with Gasteiger partial charge in [0, 0.05) is 7.11 Å². The van der Waals surface area contributed by atoms with Crippen molar-refractivity contribution in [3.05, 3.63) is 12.7 Å². The lowest BCUT2D eigenvalue weighted by Gasteiger charge is -2.15. The van der Waals surface area contributed by atoms with Crippen LogP contribution in [0.25, 0.3) is 0 Å². The quantitative estimate of drug-likeness (QED) is 0.488. The van der Waals surface area contributed by atoms with E-state index in [4.69, 9.17) is 0 Å². The van der Waals surface area contributed by atoms with Gasteiger partial charge in [0.25, 0.3) is 0 Å². The van der Waals surface area contributed by atoms with E-state index in [1.54, 1.807) is 6.08 Å². The highest BCUT2D eigenvalue weighted by Crippen LogP contribution is 2.00. The van der Waals surface area contributed by atoms with Gasteiger partial charge in [-0.05, 0) is 12.8 Å². The number of carbonyl (C=O) groups excluding carboxylic acids is 2. The molecule has 1 atom stereocenters. The molecule has 0 spiro atoms. The second-order valence-electron chi connectivity index (χ2n) is 2.94. The predicted octanol–water partition coefficient (Wildman–Crippen LogP) is 0.257. The summed E-state index contributed by atoms with van der Waals surface area (Å²) in [6.45, 7) is 3.48. The minimum Gasteiger partial charge on any atom is -0.467 e. The Balaban J connectivity index is 4.16. The number of amides is 1. The Morgan fingerprint density at radius 1 is 1.47 bits per heavy atom. The molecule has 15 heavy (non-hydrogen) atoms. The summed E-state index contributed by atoms with van der Waals surface area (Å²) in [5, 5.41) is 2.52. The van der Waals surface area contributed by atoms with Gasteiger partial charge in [0.1, 0.15) is 12.6 Å². The van der Waals surface area contributed by atoms with Crippen LogP contribution in [0.1, 0.15) is 12.8 Å². The van der Waals surface area contributed by atoms with Crippen molar-refractivity contribution in [1.82, 2.24) is 5.32 Å². The number of esters is 1. The van der Waals surface area contributed by atoms with Gasteiger partial charge in [-0.25, -0.2) is 4.79 Å². The average molecular weight is 215 g/mol. The van der Waals surface area contributed by atoms with Gasteiger partial charge in [0.15, 0.2) is 0 Å². The van der Waals surface area contributed by atoms with Gasteiger partial charge in [-0.2, -0.15) is 0 Å². The van der Waals surface area contributed by atoms with Crippen molar-refractivity contribution in [3.8, 4) is 0 Å². The summed E-state index contributed by atoms with van der Waals surface area (Å²) in [5.74, 6) is -0.793. The average Bonchev–Trinajstić information content (AvgIpc) is 2.23. The third-order valence-corrected chi connectivity index (χ3v) is 1.76. The van der Waals surface area contributed by atoms with Crippen LogP contribution < -0.4 is 5.32 Å². The molecule has 0 aliphatic carbocycles. The summed E-state index contributed by atoms with van der Waals surface area (Å²) >= 11 is 0. The first-order valence-electron chi connectivity index (χ1n) is 4.62. The Labute approximate surface area is 89.4 Å². The van der Waals surface area contributed by atoms with Crippen LogP contribution >= 0.6 is 0 Å². The van der Waals surface area contributed by atoms with Gasteiger partial charge in [-0.1, -0.05) is 6.08 Å². The molecule has 0 aliphatic rings. The van der Waals surface area contributed by atoms with Crippen LogP contribution in [-0.2, 0) is 19.1 Å². The van der Waals surface area contributed by atoms with Crippen molar-refractivity contribution in [3.63, 3.8) is 0 Å². The topological polar surface area (TPSA) is 64.6 Å². The fourth-order valence-electron chi connectivity index (χ4n) is 1.04. The Morgan fingerprint density at radius 2 is 2.13 bits per heavy atom. The first-order valence-corrected chi connectivity index (χ1v) is 4.62. The van der Waals surface area contributed by atoms with E-state index in [1.807, 2.05) is 0 Å². The van der Waals surface area contributed by atoms with Crippen LogP contribution in [0.5, 0.6) is 0 Å². The number of rotatable bonds is 7. The zero-order valence-corrected chi connectivity index (χ0v) is 9.12. The second-order valence-corrected chi connectivity index (χ2v) is 2.94. The minimum absolute atomic E-state index is 0.0679. The highest BCUT2D eigenvalue weighted by Gasteiger charge is 2.20. The van der Waals surface area contributed by atoms with Gasteiger partial charge in [0.2, 0.25) is 5.91 Å². The molecule has 0 unspecified atom stereocenters. The standard InChI is InChI=1S/C10H17NO4/c1-4-5-6-8(10(13)15-3)11-9(12)7-14-2/h4,8H,1,5-7H2,2-3H3,(H,11,12)/t8-/m1/s1. The van der Waals surface area contributed by atoms with Crippen LogP contribution in [0.15, 0.2) is 12.7 Å². The van der Waals surface area contributed by atoms with Crippen molar-refractivity contribution in [1.29, 1.82) is 0 Å². The third-order valence-electron chi connectivity index (χ3n) is 1.76. The van der Waals surface area contributed by atoms with E-state index in [9.17, 15) is 9.59 Å². The SMILES string of the molecule is C=CCC[C@@H](NC(=O)COC)C(=O)OC. The third kappa shape index (κ3) is 5.85. The number of hydrogen-bond acceptors (Lipinski definition) is 4. The van der Waals surface area contributed by atoms with Gasteiger partial charge in [-0.15, -0.1) is 6.58 Å². The zero-order chi connectivity index (χ0) is 11.7. The number of methoxy groups -OCH3 is 2. The minimum atomic E-state index is -0.629. The fraction of sp³-hybridized carbons (Fsp3) is 0.600. The summed E-state index contributed by atoms with van der Waals surface area (Å²) in [6, 6.07) is -0.629. The molecular formula is C10H17NO4. The summed E-state index contributed by atoms with van der Waals surface area (Å²) in [4.78, 5) is 22.4. The molecule has 0 aromatic heterocycles. The van der Waals surface area contributed by atoms with Crippen molar-refractivity contribution in [2.24, 2.45) is 0 Å². The van der Waals surface area contributed by atoms with Gasteiger partial charge in [0.05, 0.1) is 7.11 Å². The van der Waals surface area contributed by atoms with E-state index in [2.05, 4.69) is 21.4 Å². The summed E-state index contributed by atoms with van der Waals surface area (Å²) in [6.07, 6.45) is 2.79. The first kappa shape index (κ1) is 13.6. The molecule has 5 nitrogen and oxygen atoms in total. The second kappa shape index (κ2) is 7.99. The Hall–Kier alpha value is -1.36. The number of allylic oxidation sites excluding steroid dienone is 1. The van der Waals surface area contributed by atoms with Gasteiger partial charge >= 0.3 is 5.97 Å². The van der Waals surface area contributed by atoms with Crippen LogP contribution in [0.2, 0.25) is 0 Å². The van der Waals surface area contributed by atoms with Crippen molar-refractivity contribution < 1.29 is 19.1 Å². The molecule has 1 amide bonds. The van der Waals surface area contributed by atoms with E-state index >= 15 is 0 Å². The van der Waals surface area contributed by atoms with Gasteiger partial charge in [-0.3, -0.25) is 4.79 Å². The molecule has 0 bridgehead atoms. The fourth-order valence-corrected chi connectivity index (χ4v) is 1.04. The van der Waals surface area contributed by atoms with E-state index in [0.29, 0.717) is 12.8 Å². The highest BCUT2D eigenvalue weighted by atomic mass is 16.5. The van der Waals surface area contributed by atoms with E-state index in [0.717, 1.165) is 0 Å². The van der Waals surface area contributed by atoms with Crippen molar-refractivity contribution >= 4 is 11.9 Å². The molecule has 0 aromatic rings. The van der Waals surface area contributed by atoms with E-state index in [-0.39, 0.29) is 12.5 Å².